The maximum Gasteiger partial charge on any atom is 0.240 e. The summed E-state index contributed by atoms with van der Waals surface area (Å²) in [7, 11) is -3.54. The Morgan fingerprint density at radius 3 is 2.33 bits per heavy atom. The minimum atomic E-state index is -3.54. The van der Waals surface area contributed by atoms with E-state index in [2.05, 4.69) is 20.7 Å². The van der Waals surface area contributed by atoms with E-state index in [0.717, 1.165) is 12.8 Å². The number of alkyl halides is 1. The highest BCUT2D eigenvalue weighted by atomic mass is 79.9. The third-order valence-corrected chi connectivity index (χ3v) is 4.55. The van der Waals surface area contributed by atoms with E-state index >= 15 is 0 Å². The lowest BCUT2D eigenvalue weighted by Gasteiger charge is -2.08. The Labute approximate surface area is 126 Å². The summed E-state index contributed by atoms with van der Waals surface area (Å²) in [6.07, 6.45) is 1.67. The van der Waals surface area contributed by atoms with Crippen LogP contribution >= 0.6 is 39.1 Å². The maximum absolute atomic E-state index is 11.9. The van der Waals surface area contributed by atoms with E-state index in [1.54, 1.807) is 0 Å². The van der Waals surface area contributed by atoms with Gasteiger partial charge in [-0.25, -0.2) is 13.1 Å². The Morgan fingerprint density at radius 1 is 1.28 bits per heavy atom. The monoisotopic (exact) mass is 373 g/mol. The summed E-state index contributed by atoms with van der Waals surface area (Å²) < 4.78 is 26.4. The molecule has 1 unspecified atom stereocenters. The highest BCUT2D eigenvalue weighted by Crippen LogP contribution is 2.22. The molecule has 0 saturated heterocycles. The second kappa shape index (κ2) is 7.10. The van der Waals surface area contributed by atoms with Crippen LogP contribution in [0.15, 0.2) is 23.1 Å². The third-order valence-electron chi connectivity index (χ3n) is 2.22. The topological polar surface area (TPSA) is 46.2 Å². The normalized spacial score (nSPS) is 13.6. The van der Waals surface area contributed by atoms with Crippen LogP contribution in [-0.4, -0.2) is 19.8 Å². The van der Waals surface area contributed by atoms with Gasteiger partial charge in [-0.15, -0.1) is 0 Å². The van der Waals surface area contributed by atoms with Gasteiger partial charge in [0.25, 0.3) is 0 Å². The van der Waals surface area contributed by atoms with Gasteiger partial charge in [-0.05, 0) is 31.0 Å². The lowest BCUT2D eigenvalue weighted by molar-refractivity contribution is 0.577. The SMILES string of the molecule is CC(Br)CCCNS(=O)(=O)c1cc(Cl)cc(Cl)c1. The summed E-state index contributed by atoms with van der Waals surface area (Å²) in [6.45, 7) is 2.41. The quantitative estimate of drug-likeness (QED) is 0.607. The summed E-state index contributed by atoms with van der Waals surface area (Å²) in [6, 6.07) is 4.25. The van der Waals surface area contributed by atoms with E-state index in [0.29, 0.717) is 21.4 Å². The molecule has 0 radical (unpaired) electrons. The molecule has 0 aliphatic rings. The number of benzene rings is 1. The van der Waals surface area contributed by atoms with Crippen LogP contribution in [0.25, 0.3) is 0 Å². The van der Waals surface area contributed by atoms with Gasteiger partial charge in [0.2, 0.25) is 10.0 Å². The van der Waals surface area contributed by atoms with Crippen LogP contribution in [0.1, 0.15) is 19.8 Å². The van der Waals surface area contributed by atoms with Gasteiger partial charge >= 0.3 is 0 Å². The van der Waals surface area contributed by atoms with Crippen molar-refractivity contribution < 1.29 is 8.42 Å². The number of rotatable bonds is 6. The van der Waals surface area contributed by atoms with E-state index in [-0.39, 0.29) is 4.90 Å². The Morgan fingerprint density at radius 2 is 1.83 bits per heavy atom. The molecule has 0 heterocycles. The molecular formula is C11H14BrCl2NO2S. The molecule has 0 spiro atoms. The highest BCUT2D eigenvalue weighted by Gasteiger charge is 2.14. The van der Waals surface area contributed by atoms with Crippen molar-refractivity contribution in [2.45, 2.75) is 29.5 Å². The minimum absolute atomic E-state index is 0.0897. The number of hydrogen-bond donors (Lipinski definition) is 1. The van der Waals surface area contributed by atoms with Gasteiger partial charge in [-0.1, -0.05) is 46.1 Å². The second-order valence-corrected chi connectivity index (χ2v) is 8.13. The molecule has 102 valence electrons. The first-order chi connectivity index (χ1) is 8.31. The lowest BCUT2D eigenvalue weighted by Crippen LogP contribution is -2.25. The number of hydrogen-bond acceptors (Lipinski definition) is 2. The minimum Gasteiger partial charge on any atom is -0.211 e. The molecule has 0 saturated carbocycles. The fourth-order valence-corrected chi connectivity index (χ4v) is 3.48. The Kier molecular flexibility index (Phi) is 6.41. The van der Waals surface area contributed by atoms with E-state index in [1.807, 2.05) is 6.92 Å². The molecule has 1 N–H and O–H groups in total. The van der Waals surface area contributed by atoms with Gasteiger partial charge < -0.3 is 0 Å². The molecule has 3 nitrogen and oxygen atoms in total. The van der Waals surface area contributed by atoms with Crippen molar-refractivity contribution in [1.82, 2.24) is 4.72 Å². The summed E-state index contributed by atoms with van der Waals surface area (Å²) >= 11 is 15.0. The van der Waals surface area contributed by atoms with E-state index in [1.165, 1.54) is 18.2 Å². The Balaban J connectivity index is 2.68. The van der Waals surface area contributed by atoms with Gasteiger partial charge in [0, 0.05) is 21.4 Å². The summed E-state index contributed by atoms with van der Waals surface area (Å²) in [5.74, 6) is 0. The predicted octanol–water partition coefficient (Wildman–Crippen LogP) is 3.84. The van der Waals surface area contributed by atoms with E-state index in [9.17, 15) is 8.42 Å². The Hall–Kier alpha value is 0.190. The molecule has 18 heavy (non-hydrogen) atoms. The average Bonchev–Trinajstić information content (AvgIpc) is 2.23. The van der Waals surface area contributed by atoms with Crippen molar-refractivity contribution in [3.63, 3.8) is 0 Å². The largest absolute Gasteiger partial charge is 0.240 e. The molecular weight excluding hydrogens is 361 g/mol. The number of sulfonamides is 1. The van der Waals surface area contributed by atoms with Crippen molar-refractivity contribution in [1.29, 1.82) is 0 Å². The fraction of sp³-hybridized carbons (Fsp3) is 0.455. The van der Waals surface area contributed by atoms with Crippen LogP contribution in [-0.2, 0) is 10.0 Å². The summed E-state index contributed by atoms with van der Waals surface area (Å²) in [5.41, 5.74) is 0. The molecule has 0 bridgehead atoms. The molecule has 0 fully saturated rings. The zero-order chi connectivity index (χ0) is 13.8. The molecule has 1 aromatic rings. The molecule has 0 aliphatic carbocycles. The van der Waals surface area contributed by atoms with Gasteiger partial charge in [-0.2, -0.15) is 0 Å². The van der Waals surface area contributed by atoms with Crippen LogP contribution in [0.2, 0.25) is 10.0 Å². The van der Waals surface area contributed by atoms with Crippen LogP contribution in [0, 0.1) is 0 Å². The van der Waals surface area contributed by atoms with E-state index in [4.69, 9.17) is 23.2 Å². The molecule has 0 aliphatic heterocycles. The van der Waals surface area contributed by atoms with Crippen LogP contribution in [0.3, 0.4) is 0 Å². The van der Waals surface area contributed by atoms with Crippen LogP contribution < -0.4 is 4.72 Å². The third kappa shape index (κ3) is 5.45. The molecule has 1 aromatic carbocycles. The zero-order valence-electron chi connectivity index (χ0n) is 9.79. The fourth-order valence-electron chi connectivity index (χ4n) is 1.36. The first-order valence-corrected chi connectivity index (χ1v) is 8.56. The zero-order valence-corrected chi connectivity index (χ0v) is 13.7. The molecule has 0 aromatic heterocycles. The molecule has 1 atom stereocenters. The predicted molar refractivity (Wildman–Crippen MR) is 79.3 cm³/mol. The van der Waals surface area contributed by atoms with Crippen molar-refractivity contribution >= 4 is 49.2 Å². The molecule has 1 rings (SSSR count). The van der Waals surface area contributed by atoms with Crippen molar-refractivity contribution in [3.8, 4) is 0 Å². The van der Waals surface area contributed by atoms with Gasteiger partial charge in [0.05, 0.1) is 4.90 Å². The summed E-state index contributed by atoms with van der Waals surface area (Å²) in [5, 5.41) is 0.605. The van der Waals surface area contributed by atoms with Crippen molar-refractivity contribution in [2.75, 3.05) is 6.54 Å². The number of nitrogens with one attached hydrogen (secondary N) is 1. The number of halogens is 3. The van der Waals surface area contributed by atoms with Crippen LogP contribution in [0.4, 0.5) is 0 Å². The van der Waals surface area contributed by atoms with Crippen molar-refractivity contribution in [3.05, 3.63) is 28.2 Å². The first kappa shape index (κ1) is 16.2. The maximum atomic E-state index is 11.9. The van der Waals surface area contributed by atoms with Crippen LogP contribution in [0.5, 0.6) is 0 Å². The second-order valence-electron chi connectivity index (χ2n) is 3.93. The standard InChI is InChI=1S/C11H14BrCl2NO2S/c1-8(12)3-2-4-15-18(16,17)11-6-9(13)5-10(14)7-11/h5-8,15H,2-4H2,1H3. The molecule has 7 heteroatoms. The van der Waals surface area contributed by atoms with Gasteiger partial charge in [-0.3, -0.25) is 0 Å². The lowest BCUT2D eigenvalue weighted by atomic mass is 10.2. The summed E-state index contributed by atoms with van der Waals surface area (Å²) in [4.78, 5) is 0.467. The highest BCUT2D eigenvalue weighted by molar-refractivity contribution is 9.09. The molecule has 0 amide bonds. The smallest absolute Gasteiger partial charge is 0.211 e. The van der Waals surface area contributed by atoms with E-state index < -0.39 is 10.0 Å². The first-order valence-electron chi connectivity index (χ1n) is 5.41. The van der Waals surface area contributed by atoms with Crippen molar-refractivity contribution in [2.24, 2.45) is 0 Å². The van der Waals surface area contributed by atoms with Gasteiger partial charge in [0.15, 0.2) is 0 Å². The Bertz CT molecular complexity index is 486. The van der Waals surface area contributed by atoms with Gasteiger partial charge in [0.1, 0.15) is 0 Å². The average molecular weight is 375 g/mol.